The van der Waals surface area contributed by atoms with Crippen molar-refractivity contribution in [3.63, 3.8) is 0 Å². The normalized spacial score (nSPS) is 25.2. The molecule has 7 nitrogen and oxygen atoms in total. The van der Waals surface area contributed by atoms with E-state index in [4.69, 9.17) is 4.42 Å². The first-order chi connectivity index (χ1) is 12.1. The lowest BCUT2D eigenvalue weighted by Crippen LogP contribution is -2.33. The van der Waals surface area contributed by atoms with Crippen LogP contribution in [0.3, 0.4) is 0 Å². The summed E-state index contributed by atoms with van der Waals surface area (Å²) in [6.07, 6.45) is 4.10. The van der Waals surface area contributed by atoms with Crippen LogP contribution >= 0.6 is 0 Å². The van der Waals surface area contributed by atoms with E-state index < -0.39 is 0 Å². The Bertz CT molecular complexity index is 854. The largest absolute Gasteiger partial charge is 0.425 e. The standard InChI is InChI=1S/C18H22N6O/c1-4-15-21-23-17(25-15)18-7-5-6-13(18)9-24(10-18)16-14(8-19)11(2)12(3)20-22-16/h13H,4-7,9-10H2,1-3H3/t13-,18-/m0/s1. The summed E-state index contributed by atoms with van der Waals surface area (Å²) in [6, 6.07) is 2.32. The van der Waals surface area contributed by atoms with E-state index in [9.17, 15) is 5.26 Å². The number of hydrogen-bond acceptors (Lipinski definition) is 7. The third-order valence-electron chi connectivity index (χ3n) is 5.91. The van der Waals surface area contributed by atoms with E-state index in [1.807, 2.05) is 20.8 Å². The van der Waals surface area contributed by atoms with Crippen molar-refractivity contribution in [2.45, 2.75) is 51.9 Å². The molecule has 1 saturated carbocycles. The first kappa shape index (κ1) is 16.0. The maximum Gasteiger partial charge on any atom is 0.224 e. The van der Waals surface area contributed by atoms with Crippen molar-refractivity contribution in [2.75, 3.05) is 18.0 Å². The first-order valence-corrected chi connectivity index (χ1v) is 8.91. The highest BCUT2D eigenvalue weighted by Crippen LogP contribution is 2.51. The molecule has 2 aromatic rings. The lowest BCUT2D eigenvalue weighted by Gasteiger charge is -2.25. The number of nitrogens with zero attached hydrogens (tertiary/aromatic N) is 6. The van der Waals surface area contributed by atoms with Gasteiger partial charge in [0.2, 0.25) is 11.8 Å². The van der Waals surface area contributed by atoms with Gasteiger partial charge >= 0.3 is 0 Å². The molecule has 2 fully saturated rings. The van der Waals surface area contributed by atoms with Crippen LogP contribution in [0, 0.1) is 31.1 Å². The van der Waals surface area contributed by atoms with Crippen LogP contribution in [0.25, 0.3) is 0 Å². The number of aromatic nitrogens is 4. The van der Waals surface area contributed by atoms with E-state index in [0.717, 1.165) is 49.5 Å². The molecule has 2 atom stereocenters. The summed E-state index contributed by atoms with van der Waals surface area (Å²) in [6.45, 7) is 7.46. The Hall–Kier alpha value is -2.49. The summed E-state index contributed by atoms with van der Waals surface area (Å²) in [5.74, 6) is 2.59. The van der Waals surface area contributed by atoms with Crippen molar-refractivity contribution in [1.82, 2.24) is 20.4 Å². The monoisotopic (exact) mass is 338 g/mol. The molecule has 2 aliphatic rings. The molecule has 4 rings (SSSR count). The van der Waals surface area contributed by atoms with Crippen LogP contribution in [-0.2, 0) is 11.8 Å². The molecule has 0 amide bonds. The van der Waals surface area contributed by atoms with Gasteiger partial charge in [-0.15, -0.1) is 15.3 Å². The molecule has 0 N–H and O–H groups in total. The lowest BCUT2D eigenvalue weighted by molar-refractivity contribution is 0.297. The summed E-state index contributed by atoms with van der Waals surface area (Å²) in [5, 5.41) is 26.8. The maximum absolute atomic E-state index is 9.62. The molecule has 1 saturated heterocycles. The Kier molecular flexibility index (Phi) is 3.71. The fourth-order valence-electron chi connectivity index (χ4n) is 4.35. The van der Waals surface area contributed by atoms with Crippen molar-refractivity contribution in [2.24, 2.45) is 5.92 Å². The average molecular weight is 338 g/mol. The molecule has 2 aromatic heterocycles. The van der Waals surface area contributed by atoms with Crippen LogP contribution in [0.15, 0.2) is 4.42 Å². The van der Waals surface area contributed by atoms with Crippen LogP contribution in [0.5, 0.6) is 0 Å². The van der Waals surface area contributed by atoms with Gasteiger partial charge in [-0.1, -0.05) is 13.3 Å². The minimum absolute atomic E-state index is 0.117. The third kappa shape index (κ3) is 2.31. The molecule has 1 aliphatic carbocycles. The number of nitriles is 1. The molecule has 3 heterocycles. The zero-order chi connectivity index (χ0) is 17.6. The molecule has 0 bridgehead atoms. The van der Waals surface area contributed by atoms with Gasteiger partial charge in [0.1, 0.15) is 11.6 Å². The Labute approximate surface area is 147 Å². The van der Waals surface area contributed by atoms with Crippen LogP contribution < -0.4 is 4.90 Å². The minimum Gasteiger partial charge on any atom is -0.425 e. The van der Waals surface area contributed by atoms with Gasteiger partial charge in [-0.05, 0) is 38.2 Å². The first-order valence-electron chi connectivity index (χ1n) is 8.91. The summed E-state index contributed by atoms with van der Waals surface area (Å²) in [5.41, 5.74) is 2.22. The molecule has 0 unspecified atom stereocenters. The fourth-order valence-corrected chi connectivity index (χ4v) is 4.35. The Morgan fingerprint density at radius 1 is 1.28 bits per heavy atom. The molecular formula is C18H22N6O. The Morgan fingerprint density at radius 2 is 2.12 bits per heavy atom. The predicted octanol–water partition coefficient (Wildman–Crippen LogP) is 2.47. The molecule has 0 aromatic carbocycles. The average Bonchev–Trinajstić information content (AvgIpc) is 3.30. The summed E-state index contributed by atoms with van der Waals surface area (Å²) >= 11 is 0. The predicted molar refractivity (Wildman–Crippen MR) is 91.1 cm³/mol. The molecule has 0 radical (unpaired) electrons. The van der Waals surface area contributed by atoms with Gasteiger partial charge in [-0.25, -0.2) is 0 Å². The summed E-state index contributed by atoms with van der Waals surface area (Å²) < 4.78 is 5.96. The highest BCUT2D eigenvalue weighted by Gasteiger charge is 2.54. The molecule has 0 spiro atoms. The number of hydrogen-bond donors (Lipinski definition) is 0. The van der Waals surface area contributed by atoms with Crippen molar-refractivity contribution in [1.29, 1.82) is 5.26 Å². The Morgan fingerprint density at radius 3 is 2.84 bits per heavy atom. The zero-order valence-corrected chi connectivity index (χ0v) is 14.9. The van der Waals surface area contributed by atoms with Crippen LogP contribution in [0.2, 0.25) is 0 Å². The van der Waals surface area contributed by atoms with Gasteiger partial charge in [-0.3, -0.25) is 0 Å². The topological polar surface area (TPSA) is 91.7 Å². The van der Waals surface area contributed by atoms with Crippen LogP contribution in [0.1, 0.15) is 54.8 Å². The number of fused-ring (bicyclic) bond motifs is 1. The number of anilines is 1. The molecule has 130 valence electrons. The van der Waals surface area contributed by atoms with E-state index in [-0.39, 0.29) is 5.41 Å². The molecule has 7 heteroatoms. The number of aryl methyl sites for hydroxylation is 2. The van der Waals surface area contributed by atoms with Crippen LogP contribution in [0.4, 0.5) is 5.82 Å². The van der Waals surface area contributed by atoms with Gasteiger partial charge in [-0.2, -0.15) is 10.4 Å². The van der Waals surface area contributed by atoms with Crippen LogP contribution in [-0.4, -0.2) is 33.5 Å². The molecule has 25 heavy (non-hydrogen) atoms. The highest BCUT2D eigenvalue weighted by molar-refractivity contribution is 5.59. The smallest absolute Gasteiger partial charge is 0.224 e. The van der Waals surface area contributed by atoms with Gasteiger partial charge in [0.15, 0.2) is 5.82 Å². The lowest BCUT2D eigenvalue weighted by atomic mass is 9.80. The van der Waals surface area contributed by atoms with Crippen molar-refractivity contribution in [3.8, 4) is 6.07 Å². The second-order valence-electron chi connectivity index (χ2n) is 7.20. The number of rotatable bonds is 3. The fraction of sp³-hybridized carbons (Fsp3) is 0.611. The van der Waals surface area contributed by atoms with Crippen molar-refractivity contribution < 1.29 is 4.42 Å². The van der Waals surface area contributed by atoms with Crippen molar-refractivity contribution in [3.05, 3.63) is 28.6 Å². The van der Waals surface area contributed by atoms with E-state index in [0.29, 0.717) is 23.2 Å². The van der Waals surface area contributed by atoms with Gasteiger partial charge in [0.05, 0.1) is 11.1 Å². The molecule has 1 aliphatic heterocycles. The van der Waals surface area contributed by atoms with Gasteiger partial charge in [0, 0.05) is 19.5 Å². The summed E-state index contributed by atoms with van der Waals surface area (Å²) in [4.78, 5) is 2.19. The minimum atomic E-state index is -0.117. The van der Waals surface area contributed by atoms with E-state index in [1.54, 1.807) is 0 Å². The van der Waals surface area contributed by atoms with E-state index >= 15 is 0 Å². The SMILES string of the molecule is CCc1nnc([C@]23CCC[C@H]2CN(c2nnc(C)c(C)c2C#N)C3)o1. The van der Waals surface area contributed by atoms with Gasteiger partial charge < -0.3 is 9.32 Å². The summed E-state index contributed by atoms with van der Waals surface area (Å²) in [7, 11) is 0. The Balaban J connectivity index is 1.72. The third-order valence-corrected chi connectivity index (χ3v) is 5.91. The van der Waals surface area contributed by atoms with Crippen molar-refractivity contribution >= 4 is 5.82 Å². The zero-order valence-electron chi connectivity index (χ0n) is 14.9. The quantitative estimate of drug-likeness (QED) is 0.849. The van der Waals surface area contributed by atoms with E-state index in [2.05, 4.69) is 31.4 Å². The maximum atomic E-state index is 9.62. The second-order valence-corrected chi connectivity index (χ2v) is 7.20. The molecular weight excluding hydrogens is 316 g/mol. The van der Waals surface area contributed by atoms with Gasteiger partial charge in [0.25, 0.3) is 0 Å². The highest BCUT2D eigenvalue weighted by atomic mass is 16.4. The van der Waals surface area contributed by atoms with E-state index in [1.165, 1.54) is 6.42 Å². The second kappa shape index (κ2) is 5.80.